The van der Waals surface area contributed by atoms with E-state index in [-0.39, 0.29) is 83.2 Å². The number of rotatable bonds is 22. The van der Waals surface area contributed by atoms with Gasteiger partial charge in [-0.15, -0.1) is 0 Å². The molecule has 18 nitrogen and oxygen atoms in total. The van der Waals surface area contributed by atoms with Crippen molar-refractivity contribution in [3.63, 3.8) is 0 Å². The Morgan fingerprint density at radius 2 is 0.515 bits per heavy atom. The van der Waals surface area contributed by atoms with Crippen LogP contribution in [0.3, 0.4) is 0 Å². The molecule has 0 N–H and O–H groups in total. The summed E-state index contributed by atoms with van der Waals surface area (Å²) < 4.78 is 51.4. The van der Waals surface area contributed by atoms with Crippen LogP contribution in [0.25, 0.3) is 0 Å². The molecule has 5 aromatic carbocycles. The van der Waals surface area contributed by atoms with Crippen LogP contribution in [0, 0.1) is 0 Å². The zero-order chi connectivity index (χ0) is 48.7. The molecular formula is C50H42O18. The SMILES string of the molecule is C=CC(=O)OCCCCOC(=O)Oc1ccc(C(=O)Oc2ccc(C(=O)Oc3ccc(OC(=O)c4ccc(OC(=O)c5ccc(OC(=O)OCCCCOC(=O)C=C)cc5)cc4)cc3)cc2)cc1. The molecule has 5 aromatic rings. The number of ether oxygens (including phenoxy) is 10. The van der Waals surface area contributed by atoms with E-state index in [1.165, 1.54) is 121 Å². The molecule has 0 saturated heterocycles. The molecule has 0 aliphatic heterocycles. The Morgan fingerprint density at radius 1 is 0.309 bits per heavy atom. The smallest absolute Gasteiger partial charge is 0.463 e. The average molecular weight is 931 g/mol. The van der Waals surface area contributed by atoms with Crippen LogP contribution in [0.15, 0.2) is 147 Å². The van der Waals surface area contributed by atoms with Crippen molar-refractivity contribution in [2.75, 3.05) is 26.4 Å². The topological polar surface area (TPSA) is 229 Å². The van der Waals surface area contributed by atoms with Crippen LogP contribution in [-0.4, -0.2) is 74.6 Å². The molecule has 68 heavy (non-hydrogen) atoms. The molecule has 0 unspecified atom stereocenters. The van der Waals surface area contributed by atoms with Gasteiger partial charge in [-0.1, -0.05) is 13.2 Å². The highest BCUT2D eigenvalue weighted by Gasteiger charge is 2.16. The minimum atomic E-state index is -0.943. The quantitative estimate of drug-likeness (QED) is 0.0158. The summed E-state index contributed by atoms with van der Waals surface area (Å²) in [5, 5.41) is 0. The molecule has 0 aliphatic carbocycles. The molecule has 0 bridgehead atoms. The summed E-state index contributed by atoms with van der Waals surface area (Å²) in [5.41, 5.74) is 0.611. The Kier molecular flexibility index (Phi) is 19.1. The summed E-state index contributed by atoms with van der Waals surface area (Å²) in [6.45, 7) is 7.02. The summed E-state index contributed by atoms with van der Waals surface area (Å²) >= 11 is 0. The van der Waals surface area contributed by atoms with Gasteiger partial charge in [0.25, 0.3) is 0 Å². The third-order valence-electron chi connectivity index (χ3n) is 8.77. The van der Waals surface area contributed by atoms with Crippen LogP contribution < -0.4 is 28.4 Å². The predicted octanol–water partition coefficient (Wildman–Crippen LogP) is 8.61. The van der Waals surface area contributed by atoms with Crippen molar-refractivity contribution in [1.29, 1.82) is 0 Å². The average Bonchev–Trinajstić information content (AvgIpc) is 3.34. The van der Waals surface area contributed by atoms with Gasteiger partial charge in [-0.3, -0.25) is 0 Å². The number of hydrogen-bond donors (Lipinski definition) is 0. The summed E-state index contributed by atoms with van der Waals surface area (Å²) in [7, 11) is 0. The molecule has 0 fully saturated rings. The second kappa shape index (κ2) is 26.0. The Balaban J connectivity index is 0.992. The van der Waals surface area contributed by atoms with E-state index in [0.29, 0.717) is 25.7 Å². The highest BCUT2D eigenvalue weighted by Crippen LogP contribution is 2.23. The Hall–Kier alpha value is -9.06. The van der Waals surface area contributed by atoms with E-state index in [9.17, 15) is 38.4 Å². The van der Waals surface area contributed by atoms with Gasteiger partial charge in [-0.25, -0.2) is 38.4 Å². The van der Waals surface area contributed by atoms with Crippen LogP contribution in [0.4, 0.5) is 9.59 Å². The van der Waals surface area contributed by atoms with E-state index in [1.807, 2.05) is 0 Å². The number of hydrogen-bond acceptors (Lipinski definition) is 18. The van der Waals surface area contributed by atoms with Crippen molar-refractivity contribution < 1.29 is 85.7 Å². The van der Waals surface area contributed by atoms with Gasteiger partial charge in [-0.05, 0) is 147 Å². The van der Waals surface area contributed by atoms with Gasteiger partial charge < -0.3 is 47.4 Å². The molecule has 350 valence electrons. The predicted molar refractivity (Wildman–Crippen MR) is 237 cm³/mol. The molecule has 18 heteroatoms. The zero-order valence-electron chi connectivity index (χ0n) is 36.1. The third-order valence-corrected chi connectivity index (χ3v) is 8.77. The van der Waals surface area contributed by atoms with Gasteiger partial charge >= 0.3 is 48.1 Å². The van der Waals surface area contributed by atoms with Gasteiger partial charge in [0, 0.05) is 12.2 Å². The Labute approximate surface area is 388 Å². The molecule has 0 spiro atoms. The highest BCUT2D eigenvalue weighted by atomic mass is 16.7. The summed E-state index contributed by atoms with van der Waals surface area (Å²) in [5.74, 6) is -3.06. The van der Waals surface area contributed by atoms with Crippen molar-refractivity contribution >= 4 is 48.1 Å². The second-order valence-electron chi connectivity index (χ2n) is 13.7. The minimum Gasteiger partial charge on any atom is -0.463 e. The standard InChI is InChI=1S/C50H42O18/c1-3-43(51)59-29-5-7-31-61-49(57)67-41-21-13-35(14-22-41)45(53)63-37-17-9-33(10-18-37)47(55)65-39-25-27-40(28-26-39)66-48(56)34-11-19-38(20-12-34)64-46(54)36-15-23-42(24-16-36)68-50(58)62-32-8-6-30-60-44(52)4-2/h3-4,9-28H,1-2,5-8,29-32H2. The van der Waals surface area contributed by atoms with Crippen LogP contribution in [0.1, 0.15) is 67.1 Å². The largest absolute Gasteiger partial charge is 0.513 e. The monoisotopic (exact) mass is 930 g/mol. The summed E-state index contributed by atoms with van der Waals surface area (Å²) in [4.78, 5) is 96.9. The van der Waals surface area contributed by atoms with Crippen LogP contribution in [-0.2, 0) is 28.5 Å². The molecule has 0 amide bonds. The van der Waals surface area contributed by atoms with Gasteiger partial charge in [0.05, 0.1) is 48.7 Å². The van der Waals surface area contributed by atoms with Crippen molar-refractivity contribution in [1.82, 2.24) is 0 Å². The van der Waals surface area contributed by atoms with Crippen LogP contribution in [0.5, 0.6) is 34.5 Å². The first-order chi connectivity index (χ1) is 32.9. The van der Waals surface area contributed by atoms with Gasteiger partial charge in [0.2, 0.25) is 0 Å². The highest BCUT2D eigenvalue weighted by molar-refractivity contribution is 5.94. The second-order valence-corrected chi connectivity index (χ2v) is 13.7. The first kappa shape index (κ1) is 49.9. The normalized spacial score (nSPS) is 10.2. The molecule has 0 saturated carbocycles. The lowest BCUT2D eigenvalue weighted by molar-refractivity contribution is -0.138. The number of esters is 6. The van der Waals surface area contributed by atoms with E-state index < -0.39 is 48.1 Å². The van der Waals surface area contributed by atoms with E-state index >= 15 is 0 Å². The van der Waals surface area contributed by atoms with Gasteiger partial charge in [0.15, 0.2) is 0 Å². The van der Waals surface area contributed by atoms with Crippen LogP contribution >= 0.6 is 0 Å². The maximum absolute atomic E-state index is 12.8. The van der Waals surface area contributed by atoms with E-state index in [1.54, 1.807) is 0 Å². The fraction of sp³-hybridized carbons (Fsp3) is 0.160. The molecule has 0 heterocycles. The lowest BCUT2D eigenvalue weighted by Crippen LogP contribution is -2.13. The molecule has 0 radical (unpaired) electrons. The van der Waals surface area contributed by atoms with Crippen molar-refractivity contribution in [3.05, 3.63) is 169 Å². The molecule has 0 atom stereocenters. The lowest BCUT2D eigenvalue weighted by atomic mass is 10.2. The summed E-state index contributed by atoms with van der Waals surface area (Å²) in [6, 6.07) is 28.1. The van der Waals surface area contributed by atoms with Gasteiger partial charge in [-0.2, -0.15) is 0 Å². The van der Waals surface area contributed by atoms with Crippen LogP contribution in [0.2, 0.25) is 0 Å². The number of carbonyl (C=O) groups is 8. The number of carbonyl (C=O) groups excluding carboxylic acids is 8. The fourth-order valence-corrected chi connectivity index (χ4v) is 5.31. The maximum Gasteiger partial charge on any atom is 0.513 e. The number of unbranched alkanes of at least 4 members (excludes halogenated alkanes) is 2. The Morgan fingerprint density at radius 3 is 0.750 bits per heavy atom. The maximum atomic E-state index is 12.8. The van der Waals surface area contributed by atoms with Crippen molar-refractivity contribution in [3.8, 4) is 34.5 Å². The molecule has 0 aromatic heterocycles. The van der Waals surface area contributed by atoms with E-state index in [4.69, 9.17) is 47.4 Å². The lowest BCUT2D eigenvalue weighted by Gasteiger charge is -2.09. The van der Waals surface area contributed by atoms with E-state index in [0.717, 1.165) is 12.2 Å². The molecular weight excluding hydrogens is 889 g/mol. The zero-order valence-corrected chi connectivity index (χ0v) is 36.1. The minimum absolute atomic E-state index is 0.0509. The summed E-state index contributed by atoms with van der Waals surface area (Å²) in [6.07, 6.45) is 2.07. The molecule has 0 aliphatic rings. The fourth-order valence-electron chi connectivity index (χ4n) is 5.31. The first-order valence-corrected chi connectivity index (χ1v) is 20.6. The number of benzene rings is 5. The molecule has 5 rings (SSSR count). The van der Waals surface area contributed by atoms with E-state index in [2.05, 4.69) is 13.2 Å². The van der Waals surface area contributed by atoms with Crippen molar-refractivity contribution in [2.45, 2.75) is 25.7 Å². The third kappa shape index (κ3) is 16.8. The van der Waals surface area contributed by atoms with Crippen molar-refractivity contribution in [2.24, 2.45) is 0 Å². The van der Waals surface area contributed by atoms with Gasteiger partial charge in [0.1, 0.15) is 34.5 Å². The Bertz CT molecular complexity index is 2380. The first-order valence-electron chi connectivity index (χ1n) is 20.6.